The molecule has 0 unspecified atom stereocenters. The summed E-state index contributed by atoms with van der Waals surface area (Å²) in [6, 6.07) is -0.157. The third kappa shape index (κ3) is 4.50. The van der Waals surface area contributed by atoms with E-state index in [1.807, 2.05) is 13.0 Å². The van der Waals surface area contributed by atoms with Crippen molar-refractivity contribution in [2.75, 3.05) is 10.6 Å². The van der Waals surface area contributed by atoms with E-state index >= 15 is 0 Å². The summed E-state index contributed by atoms with van der Waals surface area (Å²) in [7, 11) is 0. The van der Waals surface area contributed by atoms with Crippen LogP contribution in [0.25, 0.3) is 0 Å². The molecule has 7 heteroatoms. The predicted octanol–water partition coefficient (Wildman–Crippen LogP) is 3.36. The molecule has 2 rings (SSSR count). The number of hydrogen-bond donors (Lipinski definition) is 3. The van der Waals surface area contributed by atoms with Gasteiger partial charge in [-0.2, -0.15) is 4.98 Å². The number of nitrogens with one attached hydrogen (secondary N) is 2. The van der Waals surface area contributed by atoms with Gasteiger partial charge in [0.15, 0.2) is 0 Å². The van der Waals surface area contributed by atoms with Crippen LogP contribution in [0.2, 0.25) is 0 Å². The first-order chi connectivity index (χ1) is 9.95. The number of rotatable bonds is 5. The van der Waals surface area contributed by atoms with Crippen molar-refractivity contribution in [2.24, 2.45) is 0 Å². The zero-order valence-corrected chi connectivity index (χ0v) is 13.5. The van der Waals surface area contributed by atoms with Gasteiger partial charge in [0.05, 0.1) is 16.6 Å². The molecular weight excluding hydrogens is 339 g/mol. The van der Waals surface area contributed by atoms with E-state index < -0.39 is 6.10 Å². The minimum atomic E-state index is -0.513. The highest BCUT2D eigenvalue weighted by molar-refractivity contribution is 9.10. The molecule has 1 aromatic heterocycles. The van der Waals surface area contributed by atoms with Gasteiger partial charge in [-0.3, -0.25) is 0 Å². The van der Waals surface area contributed by atoms with Crippen molar-refractivity contribution in [1.82, 2.24) is 9.97 Å². The first kappa shape index (κ1) is 15.9. The van der Waals surface area contributed by atoms with Crippen LogP contribution in [0, 0.1) is 0 Å². The first-order valence-electron chi connectivity index (χ1n) is 6.76. The highest BCUT2D eigenvalue weighted by atomic mass is 79.9. The minimum Gasteiger partial charge on any atom is -0.391 e. The number of nitrogens with zero attached hydrogens (tertiary/aromatic N) is 2. The Bertz CT molecular complexity index is 574. The third-order valence-corrected chi connectivity index (χ3v) is 3.73. The summed E-state index contributed by atoms with van der Waals surface area (Å²) in [6.07, 6.45) is 5.54. The van der Waals surface area contributed by atoms with Gasteiger partial charge in [0.2, 0.25) is 5.95 Å². The Balaban J connectivity index is 2.13. The molecule has 0 aliphatic heterocycles. The second-order valence-corrected chi connectivity index (χ2v) is 5.83. The fourth-order valence-electron chi connectivity index (χ4n) is 1.75. The molecule has 21 heavy (non-hydrogen) atoms. The van der Waals surface area contributed by atoms with Gasteiger partial charge in [-0.25, -0.2) is 9.37 Å². The maximum absolute atomic E-state index is 13.2. The van der Waals surface area contributed by atoms with Crippen LogP contribution in [0.15, 0.2) is 34.3 Å². The molecule has 5 nitrogen and oxygen atoms in total. The van der Waals surface area contributed by atoms with Gasteiger partial charge in [-0.1, -0.05) is 6.08 Å². The van der Waals surface area contributed by atoms with Gasteiger partial charge in [-0.15, -0.1) is 0 Å². The molecule has 0 saturated heterocycles. The lowest BCUT2D eigenvalue weighted by Gasteiger charge is -2.18. The Morgan fingerprint density at radius 1 is 1.43 bits per heavy atom. The summed E-state index contributed by atoms with van der Waals surface area (Å²) >= 11 is 3.36. The molecule has 0 bridgehead atoms. The summed E-state index contributed by atoms with van der Waals surface area (Å²) in [5.74, 6) is 0.788. The van der Waals surface area contributed by atoms with Crippen LogP contribution in [0.5, 0.6) is 0 Å². The number of hydrogen-bond acceptors (Lipinski definition) is 5. The highest BCUT2D eigenvalue weighted by Gasteiger charge is 2.13. The molecular formula is C14H18BrFN4O. The number of anilines is 2. The van der Waals surface area contributed by atoms with Crippen LogP contribution in [-0.2, 0) is 0 Å². The van der Waals surface area contributed by atoms with E-state index in [0.717, 1.165) is 0 Å². The molecule has 0 spiro atoms. The number of halogens is 2. The summed E-state index contributed by atoms with van der Waals surface area (Å²) in [5, 5.41) is 15.6. The second-order valence-electron chi connectivity index (χ2n) is 4.98. The van der Waals surface area contributed by atoms with E-state index in [0.29, 0.717) is 34.8 Å². The SMILES string of the molecule is C[C@@H](O)[C@@H](C)Nc1nc(NC2=CCCC(F)=C2)ncc1Br. The zero-order chi connectivity index (χ0) is 15.4. The first-order valence-corrected chi connectivity index (χ1v) is 7.55. The van der Waals surface area contributed by atoms with E-state index in [2.05, 4.69) is 36.5 Å². The van der Waals surface area contributed by atoms with E-state index in [1.54, 1.807) is 13.1 Å². The third-order valence-electron chi connectivity index (χ3n) is 3.15. The van der Waals surface area contributed by atoms with Crippen LogP contribution < -0.4 is 10.6 Å². The standard InChI is InChI=1S/C14H18BrFN4O/c1-8(9(2)21)18-13-12(15)7-17-14(20-13)19-11-5-3-4-10(16)6-11/h5-9,21H,3-4H2,1-2H3,(H2,17,18,19,20)/t8-,9-/m1/s1. The molecule has 0 saturated carbocycles. The Morgan fingerprint density at radius 3 is 2.86 bits per heavy atom. The smallest absolute Gasteiger partial charge is 0.229 e. The number of aromatic nitrogens is 2. The monoisotopic (exact) mass is 356 g/mol. The second kappa shape index (κ2) is 7.00. The largest absolute Gasteiger partial charge is 0.391 e. The number of allylic oxidation sites excluding steroid dienone is 3. The van der Waals surface area contributed by atoms with Crippen LogP contribution in [0.4, 0.5) is 16.2 Å². The molecule has 1 aliphatic carbocycles. The molecule has 114 valence electrons. The average Bonchev–Trinajstić information content (AvgIpc) is 2.42. The van der Waals surface area contributed by atoms with Crippen molar-refractivity contribution >= 4 is 27.7 Å². The van der Waals surface area contributed by atoms with E-state index in [4.69, 9.17) is 0 Å². The van der Waals surface area contributed by atoms with Crippen molar-refractivity contribution in [3.63, 3.8) is 0 Å². The van der Waals surface area contributed by atoms with E-state index in [1.165, 1.54) is 6.08 Å². The average molecular weight is 357 g/mol. The quantitative estimate of drug-likeness (QED) is 0.754. The van der Waals surface area contributed by atoms with Crippen molar-refractivity contribution in [3.05, 3.63) is 34.3 Å². The van der Waals surface area contributed by atoms with Gasteiger partial charge < -0.3 is 15.7 Å². The Hall–Kier alpha value is -1.47. The Kier molecular flexibility index (Phi) is 5.30. The molecule has 0 aromatic carbocycles. The lowest BCUT2D eigenvalue weighted by molar-refractivity contribution is 0.177. The topological polar surface area (TPSA) is 70.1 Å². The summed E-state index contributed by atoms with van der Waals surface area (Å²) in [5.41, 5.74) is 0.649. The van der Waals surface area contributed by atoms with Gasteiger partial charge in [0.25, 0.3) is 0 Å². The van der Waals surface area contributed by atoms with Crippen molar-refractivity contribution in [2.45, 2.75) is 38.8 Å². The van der Waals surface area contributed by atoms with Gasteiger partial charge in [0.1, 0.15) is 11.6 Å². The molecule has 1 aromatic rings. The normalized spacial score (nSPS) is 17.6. The minimum absolute atomic E-state index is 0.154. The maximum Gasteiger partial charge on any atom is 0.229 e. The van der Waals surface area contributed by atoms with Crippen LogP contribution >= 0.6 is 15.9 Å². The fourth-order valence-corrected chi connectivity index (χ4v) is 2.05. The fraction of sp³-hybridized carbons (Fsp3) is 0.429. The molecule has 1 aliphatic rings. The van der Waals surface area contributed by atoms with Crippen LogP contribution in [-0.4, -0.2) is 27.2 Å². The van der Waals surface area contributed by atoms with Crippen LogP contribution in [0.3, 0.4) is 0 Å². The van der Waals surface area contributed by atoms with Gasteiger partial charge >= 0.3 is 0 Å². The number of aliphatic hydroxyl groups is 1. The molecule has 2 atom stereocenters. The maximum atomic E-state index is 13.2. The van der Waals surface area contributed by atoms with Gasteiger partial charge in [-0.05, 0) is 42.3 Å². The predicted molar refractivity (Wildman–Crippen MR) is 84.6 cm³/mol. The molecule has 0 radical (unpaired) electrons. The molecule has 0 fully saturated rings. The van der Waals surface area contributed by atoms with Crippen molar-refractivity contribution < 1.29 is 9.50 Å². The van der Waals surface area contributed by atoms with Crippen LogP contribution in [0.1, 0.15) is 26.7 Å². The lowest BCUT2D eigenvalue weighted by atomic mass is 10.1. The van der Waals surface area contributed by atoms with Gasteiger partial charge in [0, 0.05) is 18.3 Å². The van der Waals surface area contributed by atoms with E-state index in [9.17, 15) is 9.50 Å². The molecule has 1 heterocycles. The van der Waals surface area contributed by atoms with Crippen molar-refractivity contribution in [3.8, 4) is 0 Å². The summed E-state index contributed by atoms with van der Waals surface area (Å²) in [4.78, 5) is 8.48. The number of aliphatic hydroxyl groups excluding tert-OH is 1. The Labute approximate surface area is 131 Å². The highest BCUT2D eigenvalue weighted by Crippen LogP contribution is 2.23. The summed E-state index contributed by atoms with van der Waals surface area (Å²) < 4.78 is 13.9. The summed E-state index contributed by atoms with van der Waals surface area (Å²) in [6.45, 7) is 3.56. The molecule has 3 N–H and O–H groups in total. The lowest BCUT2D eigenvalue weighted by Crippen LogP contribution is -2.28. The van der Waals surface area contributed by atoms with E-state index in [-0.39, 0.29) is 11.9 Å². The Morgan fingerprint density at radius 2 is 2.19 bits per heavy atom. The zero-order valence-electron chi connectivity index (χ0n) is 11.9. The molecule has 0 amide bonds. The van der Waals surface area contributed by atoms with Crippen molar-refractivity contribution in [1.29, 1.82) is 0 Å².